The first-order valence-corrected chi connectivity index (χ1v) is 12.1. The van der Waals surface area contributed by atoms with E-state index in [1.165, 1.54) is 11.8 Å². The summed E-state index contributed by atoms with van der Waals surface area (Å²) in [5.41, 5.74) is 4.19. The van der Waals surface area contributed by atoms with Gasteiger partial charge in [-0.1, -0.05) is 67.2 Å². The molecule has 0 radical (unpaired) electrons. The highest BCUT2D eigenvalue weighted by atomic mass is 79.9. The fourth-order valence-electron chi connectivity index (χ4n) is 3.43. The molecular weight excluding hydrogens is 488 g/mol. The number of thioether (sulfide) groups is 1. The van der Waals surface area contributed by atoms with Gasteiger partial charge < -0.3 is 9.73 Å². The smallest absolute Gasteiger partial charge is 0.234 e. The highest BCUT2D eigenvalue weighted by Crippen LogP contribution is 2.28. The van der Waals surface area contributed by atoms with E-state index in [2.05, 4.69) is 38.4 Å². The maximum Gasteiger partial charge on any atom is 0.234 e. The summed E-state index contributed by atoms with van der Waals surface area (Å²) in [6, 6.07) is 19.8. The molecule has 0 fully saturated rings. The van der Waals surface area contributed by atoms with E-state index in [0.29, 0.717) is 28.0 Å². The molecule has 1 N–H and O–H groups in total. The molecule has 0 saturated carbocycles. The van der Waals surface area contributed by atoms with Crippen LogP contribution in [0.15, 0.2) is 74.9 Å². The van der Waals surface area contributed by atoms with Gasteiger partial charge in [-0.05, 0) is 58.1 Å². The Morgan fingerprint density at radius 2 is 1.91 bits per heavy atom. The van der Waals surface area contributed by atoms with Gasteiger partial charge in [0.1, 0.15) is 0 Å². The van der Waals surface area contributed by atoms with Crippen LogP contribution in [0, 0.1) is 6.92 Å². The molecule has 1 amide bonds. The van der Waals surface area contributed by atoms with Crippen LogP contribution in [0.5, 0.6) is 0 Å². The average molecular weight is 511 g/mol. The molecule has 2 aromatic carbocycles. The summed E-state index contributed by atoms with van der Waals surface area (Å²) in [5, 5.41) is 12.4. The van der Waals surface area contributed by atoms with E-state index in [0.717, 1.165) is 28.8 Å². The predicted octanol–water partition coefficient (Wildman–Crippen LogP) is 5.95. The number of aryl methyl sites for hydroxylation is 2. The van der Waals surface area contributed by atoms with Crippen LogP contribution < -0.4 is 5.32 Å². The average Bonchev–Trinajstić information content (AvgIpc) is 3.40. The number of carbonyl (C=O) groups excluding carboxylic acids is 1. The molecule has 6 nitrogen and oxygen atoms in total. The van der Waals surface area contributed by atoms with Gasteiger partial charge in [0.2, 0.25) is 11.7 Å². The summed E-state index contributed by atoms with van der Waals surface area (Å²) in [7, 11) is 0. The van der Waals surface area contributed by atoms with Gasteiger partial charge in [0.05, 0.1) is 12.3 Å². The summed E-state index contributed by atoms with van der Waals surface area (Å²) in [5.74, 6) is 1.39. The summed E-state index contributed by atoms with van der Waals surface area (Å²) in [6.45, 7) is 4.66. The van der Waals surface area contributed by atoms with Crippen LogP contribution in [0.2, 0.25) is 0 Å². The molecule has 0 unspecified atom stereocenters. The number of aromatic nitrogens is 3. The number of carbonyl (C=O) groups is 1. The van der Waals surface area contributed by atoms with Crippen molar-refractivity contribution < 1.29 is 9.21 Å². The Hall–Kier alpha value is -2.84. The number of nitrogens with zero attached hydrogens (tertiary/aromatic N) is 3. The van der Waals surface area contributed by atoms with Crippen molar-refractivity contribution in [2.75, 3.05) is 11.1 Å². The first kappa shape index (κ1) is 22.4. The van der Waals surface area contributed by atoms with Crippen molar-refractivity contribution in [2.45, 2.75) is 32.0 Å². The van der Waals surface area contributed by atoms with E-state index >= 15 is 0 Å². The number of anilines is 1. The number of benzene rings is 2. The quantitative estimate of drug-likeness (QED) is 0.296. The molecule has 8 heteroatoms. The molecule has 0 atom stereocenters. The third-order valence-corrected chi connectivity index (χ3v) is 6.42. The molecule has 4 rings (SSSR count). The zero-order valence-electron chi connectivity index (χ0n) is 17.8. The first-order chi connectivity index (χ1) is 15.5. The van der Waals surface area contributed by atoms with Crippen molar-refractivity contribution in [1.82, 2.24) is 14.8 Å². The van der Waals surface area contributed by atoms with Gasteiger partial charge in [-0.25, -0.2) is 0 Å². The number of hydrogen-bond acceptors (Lipinski definition) is 5. The van der Waals surface area contributed by atoms with Crippen LogP contribution in [0.3, 0.4) is 0 Å². The minimum absolute atomic E-state index is 0.0736. The van der Waals surface area contributed by atoms with E-state index in [9.17, 15) is 4.79 Å². The number of nitrogens with one attached hydrogen (secondary N) is 1. The van der Waals surface area contributed by atoms with Crippen LogP contribution in [0.4, 0.5) is 5.69 Å². The second kappa shape index (κ2) is 10.2. The van der Waals surface area contributed by atoms with Crippen molar-refractivity contribution in [1.29, 1.82) is 0 Å². The Kier molecular flexibility index (Phi) is 7.12. The zero-order valence-corrected chi connectivity index (χ0v) is 20.2. The number of para-hydroxylation sites is 1. The molecule has 32 heavy (non-hydrogen) atoms. The third kappa shape index (κ3) is 5.14. The summed E-state index contributed by atoms with van der Waals surface area (Å²) < 4.78 is 8.31. The van der Waals surface area contributed by atoms with E-state index in [4.69, 9.17) is 4.42 Å². The van der Waals surface area contributed by atoms with E-state index in [-0.39, 0.29) is 11.7 Å². The summed E-state index contributed by atoms with van der Waals surface area (Å²) in [6.07, 6.45) is 0.859. The Labute approximate surface area is 199 Å². The van der Waals surface area contributed by atoms with Crippen LogP contribution in [0.1, 0.15) is 23.6 Å². The second-order valence-electron chi connectivity index (χ2n) is 7.28. The molecule has 0 bridgehead atoms. The van der Waals surface area contributed by atoms with Crippen LogP contribution in [0.25, 0.3) is 11.6 Å². The number of halogens is 1. The molecule has 2 heterocycles. The third-order valence-electron chi connectivity index (χ3n) is 5.03. The van der Waals surface area contributed by atoms with Gasteiger partial charge in [-0.15, -0.1) is 10.2 Å². The molecule has 4 aromatic rings. The van der Waals surface area contributed by atoms with Crippen LogP contribution in [-0.2, 0) is 17.8 Å². The van der Waals surface area contributed by atoms with E-state index in [1.807, 2.05) is 72.2 Å². The topological polar surface area (TPSA) is 73.0 Å². The van der Waals surface area contributed by atoms with Crippen molar-refractivity contribution in [3.05, 3.63) is 82.0 Å². The first-order valence-electron chi connectivity index (χ1n) is 10.3. The summed E-state index contributed by atoms with van der Waals surface area (Å²) in [4.78, 5) is 12.7. The molecular formula is C24H23BrN4O2S. The Balaban J connectivity index is 1.54. The number of furan rings is 1. The van der Waals surface area contributed by atoms with Gasteiger partial charge in [0.25, 0.3) is 0 Å². The molecule has 0 aliphatic carbocycles. The van der Waals surface area contributed by atoms with Gasteiger partial charge in [-0.2, -0.15) is 0 Å². The lowest BCUT2D eigenvalue weighted by molar-refractivity contribution is -0.113. The Morgan fingerprint density at radius 3 is 2.62 bits per heavy atom. The zero-order chi connectivity index (χ0) is 22.5. The standard InChI is InChI=1S/C24H23BrN4O2S/c1-3-18-11-7-8-16(2)22(18)26-21(30)15-32-24-28-27-23(19-12-13-20(25)31-19)29(24)14-17-9-5-4-6-10-17/h4-13H,3,14-15H2,1-2H3,(H,26,30). The fraction of sp³-hybridized carbons (Fsp3) is 0.208. The van der Waals surface area contributed by atoms with Crippen LogP contribution >= 0.6 is 27.7 Å². The Bertz CT molecular complexity index is 1220. The molecule has 2 aromatic heterocycles. The second-order valence-corrected chi connectivity index (χ2v) is 9.01. The normalized spacial score (nSPS) is 11.0. The van der Waals surface area contributed by atoms with E-state index < -0.39 is 0 Å². The molecule has 0 aliphatic rings. The SMILES string of the molecule is CCc1cccc(C)c1NC(=O)CSc1nnc(-c2ccc(Br)o2)n1Cc1ccccc1. The molecule has 0 spiro atoms. The molecule has 0 saturated heterocycles. The van der Waals surface area contributed by atoms with Crippen molar-refractivity contribution in [2.24, 2.45) is 0 Å². The number of hydrogen-bond donors (Lipinski definition) is 1. The maximum atomic E-state index is 12.7. The number of rotatable bonds is 8. The number of amides is 1. The van der Waals surface area contributed by atoms with Crippen molar-refractivity contribution >= 4 is 39.3 Å². The van der Waals surface area contributed by atoms with Crippen molar-refractivity contribution in [3.8, 4) is 11.6 Å². The van der Waals surface area contributed by atoms with Gasteiger partial charge in [0.15, 0.2) is 15.6 Å². The van der Waals surface area contributed by atoms with E-state index in [1.54, 1.807) is 0 Å². The minimum Gasteiger partial charge on any atom is -0.446 e. The largest absolute Gasteiger partial charge is 0.446 e. The highest BCUT2D eigenvalue weighted by molar-refractivity contribution is 9.10. The lowest BCUT2D eigenvalue weighted by Gasteiger charge is -2.13. The maximum absolute atomic E-state index is 12.7. The minimum atomic E-state index is -0.0736. The molecule has 0 aliphatic heterocycles. The fourth-order valence-corrected chi connectivity index (χ4v) is 4.47. The lowest BCUT2D eigenvalue weighted by Crippen LogP contribution is -2.17. The van der Waals surface area contributed by atoms with Crippen LogP contribution in [-0.4, -0.2) is 26.4 Å². The lowest BCUT2D eigenvalue weighted by atomic mass is 10.1. The summed E-state index contributed by atoms with van der Waals surface area (Å²) >= 11 is 4.70. The Morgan fingerprint density at radius 1 is 1.09 bits per heavy atom. The highest BCUT2D eigenvalue weighted by Gasteiger charge is 2.19. The van der Waals surface area contributed by atoms with Crippen molar-refractivity contribution in [3.63, 3.8) is 0 Å². The van der Waals surface area contributed by atoms with Gasteiger partial charge in [0, 0.05) is 5.69 Å². The predicted molar refractivity (Wildman–Crippen MR) is 131 cm³/mol. The molecule has 164 valence electrons. The van der Waals surface area contributed by atoms with Gasteiger partial charge in [-0.3, -0.25) is 9.36 Å². The monoisotopic (exact) mass is 510 g/mol. The van der Waals surface area contributed by atoms with Gasteiger partial charge >= 0.3 is 0 Å².